The van der Waals surface area contributed by atoms with E-state index in [4.69, 9.17) is 4.74 Å². The zero-order valence-electron chi connectivity index (χ0n) is 17.8. The van der Waals surface area contributed by atoms with Crippen LogP contribution in [0.4, 0.5) is 10.1 Å². The maximum atomic E-state index is 13.2. The highest BCUT2D eigenvalue weighted by molar-refractivity contribution is 5.91. The number of aryl methyl sites for hydroxylation is 3. The van der Waals surface area contributed by atoms with Crippen LogP contribution in [0.1, 0.15) is 16.7 Å². The number of hydrogen-bond acceptors (Lipinski definition) is 3. The molecular formula is C23H29FN3O3+. The van der Waals surface area contributed by atoms with Gasteiger partial charge in [-0.3, -0.25) is 9.59 Å². The molecule has 0 saturated carbocycles. The van der Waals surface area contributed by atoms with Gasteiger partial charge in [-0.05, 0) is 50.1 Å². The number of amides is 2. The molecule has 2 amide bonds. The Morgan fingerprint density at radius 2 is 1.77 bits per heavy atom. The second-order valence-electron chi connectivity index (χ2n) is 7.88. The van der Waals surface area contributed by atoms with Crippen molar-refractivity contribution in [1.82, 2.24) is 4.90 Å². The monoisotopic (exact) mass is 414 g/mol. The van der Waals surface area contributed by atoms with Gasteiger partial charge in [-0.1, -0.05) is 23.8 Å². The number of nitrogens with one attached hydrogen (secondary N) is 2. The van der Waals surface area contributed by atoms with Crippen molar-refractivity contribution in [3.05, 3.63) is 58.9 Å². The van der Waals surface area contributed by atoms with Crippen LogP contribution in [-0.2, 0) is 9.59 Å². The number of halogens is 1. The summed E-state index contributed by atoms with van der Waals surface area (Å²) in [5.41, 5.74) is 3.68. The lowest BCUT2D eigenvalue weighted by molar-refractivity contribution is -0.895. The summed E-state index contributed by atoms with van der Waals surface area (Å²) in [6.07, 6.45) is 0. The average molecular weight is 415 g/mol. The number of carbonyl (C=O) groups is 2. The Kier molecular flexibility index (Phi) is 7.05. The Bertz CT molecular complexity index is 901. The fourth-order valence-electron chi connectivity index (χ4n) is 3.87. The molecule has 2 aromatic carbocycles. The van der Waals surface area contributed by atoms with Crippen molar-refractivity contribution < 1.29 is 23.6 Å². The molecule has 160 valence electrons. The van der Waals surface area contributed by atoms with Crippen LogP contribution in [-0.4, -0.2) is 56.0 Å². The SMILES string of the molecule is Cc1cc(C)c(OCC(=O)N2CC[NH+](CC(=O)Nc3cccc(F)c3)CC2)c(C)c1. The number of anilines is 1. The molecule has 2 N–H and O–H groups in total. The van der Waals surface area contributed by atoms with Crippen molar-refractivity contribution in [3.63, 3.8) is 0 Å². The Morgan fingerprint density at radius 1 is 1.10 bits per heavy atom. The van der Waals surface area contributed by atoms with E-state index in [9.17, 15) is 14.0 Å². The molecule has 6 nitrogen and oxygen atoms in total. The fourth-order valence-corrected chi connectivity index (χ4v) is 3.87. The Labute approximate surface area is 176 Å². The number of hydrogen-bond donors (Lipinski definition) is 2. The summed E-state index contributed by atoms with van der Waals surface area (Å²) in [5, 5.41) is 2.72. The van der Waals surface area contributed by atoms with Crippen LogP contribution in [0.15, 0.2) is 36.4 Å². The van der Waals surface area contributed by atoms with Gasteiger partial charge in [0.05, 0.1) is 26.2 Å². The first kappa shape index (κ1) is 21.8. The van der Waals surface area contributed by atoms with Gasteiger partial charge in [0, 0.05) is 5.69 Å². The van der Waals surface area contributed by atoms with Gasteiger partial charge in [-0.2, -0.15) is 0 Å². The van der Waals surface area contributed by atoms with E-state index in [0.717, 1.165) is 21.8 Å². The zero-order valence-corrected chi connectivity index (χ0v) is 17.8. The number of benzene rings is 2. The van der Waals surface area contributed by atoms with Crippen molar-refractivity contribution in [1.29, 1.82) is 0 Å². The number of quaternary nitrogens is 1. The highest BCUT2D eigenvalue weighted by Crippen LogP contribution is 2.24. The lowest BCUT2D eigenvalue weighted by Crippen LogP contribution is -3.15. The van der Waals surface area contributed by atoms with Crippen molar-refractivity contribution in [2.75, 3.05) is 44.6 Å². The molecule has 1 aliphatic heterocycles. The molecule has 3 rings (SSSR count). The maximum absolute atomic E-state index is 13.2. The standard InChI is InChI=1S/C23H28FN3O3/c1-16-11-17(2)23(18(3)12-16)30-15-22(29)27-9-7-26(8-10-27)14-21(28)25-20-6-4-5-19(24)13-20/h4-6,11-13H,7-10,14-15H2,1-3H3,(H,25,28)/p+1. The molecule has 1 saturated heterocycles. The second kappa shape index (κ2) is 9.71. The van der Waals surface area contributed by atoms with Crippen LogP contribution in [0.2, 0.25) is 0 Å². The third kappa shape index (κ3) is 5.79. The molecule has 0 unspecified atom stereocenters. The molecule has 0 radical (unpaired) electrons. The van der Waals surface area contributed by atoms with Gasteiger partial charge in [0.1, 0.15) is 11.6 Å². The predicted octanol–water partition coefficient (Wildman–Crippen LogP) is 1.50. The topological polar surface area (TPSA) is 63.1 Å². The van der Waals surface area contributed by atoms with E-state index in [1.807, 2.05) is 32.9 Å². The molecule has 1 heterocycles. The minimum absolute atomic E-state index is 0.0140. The predicted molar refractivity (Wildman–Crippen MR) is 113 cm³/mol. The summed E-state index contributed by atoms with van der Waals surface area (Å²) in [6, 6.07) is 9.94. The van der Waals surface area contributed by atoms with Gasteiger partial charge in [0.15, 0.2) is 13.2 Å². The smallest absolute Gasteiger partial charge is 0.279 e. The number of carbonyl (C=O) groups excluding carboxylic acids is 2. The molecule has 2 aromatic rings. The first-order chi connectivity index (χ1) is 14.3. The van der Waals surface area contributed by atoms with Gasteiger partial charge in [-0.25, -0.2) is 4.39 Å². The van der Waals surface area contributed by atoms with E-state index in [1.54, 1.807) is 17.0 Å². The number of nitrogens with zero attached hydrogens (tertiary/aromatic N) is 1. The summed E-state index contributed by atoms with van der Waals surface area (Å²) < 4.78 is 19.0. The van der Waals surface area contributed by atoms with Crippen molar-refractivity contribution >= 4 is 17.5 Å². The normalized spacial score (nSPS) is 14.5. The highest BCUT2D eigenvalue weighted by Gasteiger charge is 2.25. The van der Waals surface area contributed by atoms with Crippen molar-refractivity contribution in [2.45, 2.75) is 20.8 Å². The molecule has 0 aliphatic carbocycles. The molecule has 1 fully saturated rings. The highest BCUT2D eigenvalue weighted by atomic mass is 19.1. The van der Waals surface area contributed by atoms with E-state index in [1.165, 1.54) is 17.7 Å². The average Bonchev–Trinajstić information content (AvgIpc) is 2.67. The molecular weight excluding hydrogens is 385 g/mol. The summed E-state index contributed by atoms with van der Waals surface area (Å²) >= 11 is 0. The van der Waals surface area contributed by atoms with E-state index in [-0.39, 0.29) is 30.8 Å². The lowest BCUT2D eigenvalue weighted by atomic mass is 10.1. The zero-order chi connectivity index (χ0) is 21.7. The Morgan fingerprint density at radius 3 is 2.40 bits per heavy atom. The van der Waals surface area contributed by atoms with Crippen LogP contribution >= 0.6 is 0 Å². The third-order valence-corrected chi connectivity index (χ3v) is 5.29. The van der Waals surface area contributed by atoms with Gasteiger partial charge >= 0.3 is 0 Å². The third-order valence-electron chi connectivity index (χ3n) is 5.29. The van der Waals surface area contributed by atoms with Crippen LogP contribution in [0, 0.1) is 26.6 Å². The lowest BCUT2D eigenvalue weighted by Gasteiger charge is -2.32. The quantitative estimate of drug-likeness (QED) is 0.753. The molecule has 0 spiro atoms. The summed E-state index contributed by atoms with van der Waals surface area (Å²) in [6.45, 7) is 8.84. The van der Waals surface area contributed by atoms with Gasteiger partial charge in [0.25, 0.3) is 11.8 Å². The van der Waals surface area contributed by atoms with Crippen molar-refractivity contribution in [2.24, 2.45) is 0 Å². The summed E-state index contributed by atoms with van der Waals surface area (Å²) in [5.74, 6) is 0.180. The first-order valence-electron chi connectivity index (χ1n) is 10.2. The summed E-state index contributed by atoms with van der Waals surface area (Å²) in [7, 11) is 0. The molecule has 0 aromatic heterocycles. The number of rotatable bonds is 6. The van der Waals surface area contributed by atoms with E-state index < -0.39 is 0 Å². The molecule has 30 heavy (non-hydrogen) atoms. The molecule has 7 heteroatoms. The van der Waals surface area contributed by atoms with Crippen LogP contribution in [0.5, 0.6) is 5.75 Å². The van der Waals surface area contributed by atoms with Crippen LogP contribution in [0.3, 0.4) is 0 Å². The van der Waals surface area contributed by atoms with Crippen molar-refractivity contribution in [3.8, 4) is 5.75 Å². The first-order valence-corrected chi connectivity index (χ1v) is 10.2. The maximum Gasteiger partial charge on any atom is 0.279 e. The van der Waals surface area contributed by atoms with E-state index in [0.29, 0.717) is 31.9 Å². The number of piperazine rings is 1. The fraction of sp³-hybridized carbons (Fsp3) is 0.391. The van der Waals surface area contributed by atoms with Gasteiger partial charge < -0.3 is 19.9 Å². The molecule has 1 aliphatic rings. The van der Waals surface area contributed by atoms with Crippen LogP contribution in [0.25, 0.3) is 0 Å². The van der Waals surface area contributed by atoms with Gasteiger partial charge in [-0.15, -0.1) is 0 Å². The van der Waals surface area contributed by atoms with E-state index in [2.05, 4.69) is 5.32 Å². The van der Waals surface area contributed by atoms with Gasteiger partial charge in [0.2, 0.25) is 0 Å². The second-order valence-corrected chi connectivity index (χ2v) is 7.88. The Balaban J connectivity index is 1.43. The minimum atomic E-state index is -0.384. The summed E-state index contributed by atoms with van der Waals surface area (Å²) in [4.78, 5) is 27.6. The minimum Gasteiger partial charge on any atom is -0.483 e. The van der Waals surface area contributed by atoms with Crippen LogP contribution < -0.4 is 15.0 Å². The molecule has 0 bridgehead atoms. The number of ether oxygens (including phenoxy) is 1. The Hall–Kier alpha value is -2.93. The molecule has 0 atom stereocenters. The van der Waals surface area contributed by atoms with E-state index >= 15 is 0 Å². The largest absolute Gasteiger partial charge is 0.483 e.